The van der Waals surface area contributed by atoms with Gasteiger partial charge in [0.1, 0.15) is 0 Å². The zero-order valence-corrected chi connectivity index (χ0v) is 9.90. The number of fused-ring (bicyclic) bond motifs is 4. The summed E-state index contributed by atoms with van der Waals surface area (Å²) in [4.78, 5) is 11.9. The van der Waals surface area contributed by atoms with E-state index < -0.39 is 0 Å². The molecule has 88 valence electrons. The van der Waals surface area contributed by atoms with E-state index in [1.54, 1.807) is 7.11 Å². The van der Waals surface area contributed by atoms with Crippen LogP contribution >= 0.6 is 0 Å². The number of hydrogen-bond acceptors (Lipinski definition) is 3. The highest BCUT2D eigenvalue weighted by atomic mass is 16.5. The molecule has 0 heterocycles. The maximum Gasteiger partial charge on any atom is 0.312 e. The molecule has 0 bridgehead atoms. The van der Waals surface area contributed by atoms with Crippen molar-refractivity contribution in [3.05, 3.63) is 35.4 Å². The first-order valence-electron chi connectivity index (χ1n) is 5.95. The molecule has 3 nitrogen and oxygen atoms in total. The zero-order valence-electron chi connectivity index (χ0n) is 9.90. The SMILES string of the molecule is COC(=O)[C@]12C[C@]3(OC)c4ccccc4[C@@H]1[C@@H]23. The monoisotopic (exact) mass is 230 g/mol. The van der Waals surface area contributed by atoms with E-state index >= 15 is 0 Å². The molecule has 1 aromatic rings. The van der Waals surface area contributed by atoms with E-state index in [9.17, 15) is 4.79 Å². The lowest BCUT2D eigenvalue weighted by molar-refractivity contribution is -0.171. The number of benzene rings is 1. The van der Waals surface area contributed by atoms with E-state index in [2.05, 4.69) is 12.1 Å². The van der Waals surface area contributed by atoms with E-state index in [4.69, 9.17) is 9.47 Å². The minimum absolute atomic E-state index is 0.0605. The van der Waals surface area contributed by atoms with Gasteiger partial charge in [0, 0.05) is 18.9 Å². The zero-order chi connectivity index (χ0) is 11.8. The van der Waals surface area contributed by atoms with Gasteiger partial charge in [0.2, 0.25) is 0 Å². The average Bonchev–Trinajstić information content (AvgIpc) is 2.84. The molecular weight excluding hydrogens is 216 g/mol. The van der Waals surface area contributed by atoms with Crippen LogP contribution in [0.15, 0.2) is 24.3 Å². The highest BCUT2D eigenvalue weighted by Crippen LogP contribution is 2.89. The van der Waals surface area contributed by atoms with Crippen LogP contribution in [0.1, 0.15) is 23.5 Å². The van der Waals surface area contributed by atoms with E-state index in [-0.39, 0.29) is 17.0 Å². The second-order valence-corrected chi connectivity index (χ2v) is 5.34. The van der Waals surface area contributed by atoms with Gasteiger partial charge in [0.15, 0.2) is 0 Å². The Hall–Kier alpha value is -1.35. The van der Waals surface area contributed by atoms with Gasteiger partial charge in [-0.1, -0.05) is 24.3 Å². The first-order valence-corrected chi connectivity index (χ1v) is 5.95. The fraction of sp³-hybridized carbons (Fsp3) is 0.500. The molecule has 3 aliphatic carbocycles. The second-order valence-electron chi connectivity index (χ2n) is 5.34. The van der Waals surface area contributed by atoms with Gasteiger partial charge in [0.05, 0.1) is 18.1 Å². The van der Waals surface area contributed by atoms with Crippen molar-refractivity contribution in [2.24, 2.45) is 11.3 Å². The molecule has 0 aromatic heterocycles. The predicted octanol–water partition coefficient (Wildman–Crippen LogP) is 1.82. The molecule has 3 aliphatic rings. The lowest BCUT2D eigenvalue weighted by Crippen LogP contribution is -2.49. The van der Waals surface area contributed by atoms with Crippen LogP contribution in [-0.4, -0.2) is 20.2 Å². The van der Waals surface area contributed by atoms with E-state index in [1.807, 2.05) is 12.1 Å². The summed E-state index contributed by atoms with van der Waals surface area (Å²) in [7, 11) is 3.22. The van der Waals surface area contributed by atoms with Gasteiger partial charge in [-0.3, -0.25) is 4.79 Å². The highest BCUT2D eigenvalue weighted by molar-refractivity contribution is 5.89. The van der Waals surface area contributed by atoms with Crippen LogP contribution in [0.25, 0.3) is 0 Å². The summed E-state index contributed by atoms with van der Waals surface area (Å²) in [6.45, 7) is 0. The summed E-state index contributed by atoms with van der Waals surface area (Å²) >= 11 is 0. The van der Waals surface area contributed by atoms with E-state index in [0.717, 1.165) is 6.42 Å². The van der Waals surface area contributed by atoms with Crippen LogP contribution in [0, 0.1) is 11.3 Å². The van der Waals surface area contributed by atoms with Crippen LogP contribution in [0.5, 0.6) is 0 Å². The molecule has 0 spiro atoms. The number of rotatable bonds is 2. The van der Waals surface area contributed by atoms with Gasteiger partial charge in [0.25, 0.3) is 0 Å². The summed E-state index contributed by atoms with van der Waals surface area (Å²) in [5.41, 5.74) is 2.09. The minimum Gasteiger partial charge on any atom is -0.469 e. The Morgan fingerprint density at radius 2 is 2.12 bits per heavy atom. The largest absolute Gasteiger partial charge is 0.469 e. The van der Waals surface area contributed by atoms with Gasteiger partial charge in [-0.2, -0.15) is 0 Å². The Morgan fingerprint density at radius 1 is 1.35 bits per heavy atom. The number of ether oxygens (including phenoxy) is 2. The standard InChI is InChI=1S/C14H14O3/c1-16-12(15)13-7-14(17-2)9-6-4-3-5-8(9)10(13)11(13)14/h3-6,10-11H,7H2,1-2H3/t10-,11+,13-,14+/m1/s1. The first-order chi connectivity index (χ1) is 8.22. The Balaban J connectivity index is 1.87. The molecule has 4 atom stereocenters. The van der Waals surface area contributed by atoms with Crippen LogP contribution in [-0.2, 0) is 19.9 Å². The first kappa shape index (κ1) is 9.66. The maximum atomic E-state index is 11.9. The summed E-state index contributed by atoms with van der Waals surface area (Å²) in [6.07, 6.45) is 0.787. The molecule has 0 saturated heterocycles. The third kappa shape index (κ3) is 0.730. The van der Waals surface area contributed by atoms with Crippen LogP contribution in [0.2, 0.25) is 0 Å². The normalized spacial score (nSPS) is 43.4. The lowest BCUT2D eigenvalue weighted by atomic mass is 9.65. The number of carbonyl (C=O) groups is 1. The molecule has 2 saturated carbocycles. The van der Waals surface area contributed by atoms with Crippen molar-refractivity contribution in [2.45, 2.75) is 17.9 Å². The average molecular weight is 230 g/mol. The van der Waals surface area contributed by atoms with Crippen molar-refractivity contribution in [1.29, 1.82) is 0 Å². The number of esters is 1. The van der Waals surface area contributed by atoms with Gasteiger partial charge in [-0.05, 0) is 17.5 Å². The molecule has 0 aliphatic heterocycles. The third-order valence-corrected chi connectivity index (χ3v) is 5.07. The number of hydrogen-bond donors (Lipinski definition) is 0. The van der Waals surface area contributed by atoms with Crippen molar-refractivity contribution in [3.8, 4) is 0 Å². The Kier molecular flexibility index (Phi) is 1.45. The Bertz CT molecular complexity index is 538. The summed E-state index contributed by atoms with van der Waals surface area (Å²) < 4.78 is 10.7. The van der Waals surface area contributed by atoms with Gasteiger partial charge >= 0.3 is 5.97 Å². The van der Waals surface area contributed by atoms with Gasteiger partial charge in [-0.15, -0.1) is 0 Å². The van der Waals surface area contributed by atoms with Gasteiger partial charge in [-0.25, -0.2) is 0 Å². The predicted molar refractivity (Wildman–Crippen MR) is 60.4 cm³/mol. The molecular formula is C14H14O3. The molecule has 0 N–H and O–H groups in total. The van der Waals surface area contributed by atoms with Crippen molar-refractivity contribution in [2.75, 3.05) is 14.2 Å². The minimum atomic E-state index is -0.265. The molecule has 17 heavy (non-hydrogen) atoms. The van der Waals surface area contributed by atoms with E-state index in [1.165, 1.54) is 18.2 Å². The van der Waals surface area contributed by atoms with Crippen LogP contribution < -0.4 is 0 Å². The molecule has 1 aromatic carbocycles. The lowest BCUT2D eigenvalue weighted by Gasteiger charge is -2.45. The van der Waals surface area contributed by atoms with Crippen LogP contribution in [0.3, 0.4) is 0 Å². The molecule has 0 amide bonds. The smallest absolute Gasteiger partial charge is 0.312 e. The molecule has 3 heteroatoms. The van der Waals surface area contributed by atoms with Crippen molar-refractivity contribution in [1.82, 2.24) is 0 Å². The molecule has 4 rings (SSSR count). The third-order valence-electron chi connectivity index (χ3n) is 5.07. The topological polar surface area (TPSA) is 35.5 Å². The van der Waals surface area contributed by atoms with Crippen molar-refractivity contribution >= 4 is 5.97 Å². The number of methoxy groups -OCH3 is 2. The molecule has 0 radical (unpaired) electrons. The maximum absolute atomic E-state index is 11.9. The summed E-state index contributed by atoms with van der Waals surface area (Å²) in [5.74, 6) is 0.575. The fourth-order valence-electron chi connectivity index (χ4n) is 4.46. The van der Waals surface area contributed by atoms with Crippen molar-refractivity contribution < 1.29 is 14.3 Å². The van der Waals surface area contributed by atoms with Gasteiger partial charge < -0.3 is 9.47 Å². The summed E-state index contributed by atoms with van der Waals surface area (Å²) in [5, 5.41) is 0. The summed E-state index contributed by atoms with van der Waals surface area (Å²) in [6, 6.07) is 8.33. The van der Waals surface area contributed by atoms with Crippen molar-refractivity contribution in [3.63, 3.8) is 0 Å². The molecule has 0 unspecified atom stereocenters. The second kappa shape index (κ2) is 2.56. The number of carbonyl (C=O) groups excluding carboxylic acids is 1. The fourth-order valence-corrected chi connectivity index (χ4v) is 4.46. The van der Waals surface area contributed by atoms with E-state index in [0.29, 0.717) is 11.8 Å². The molecule has 2 fully saturated rings. The van der Waals surface area contributed by atoms with Crippen LogP contribution in [0.4, 0.5) is 0 Å². The Labute approximate surface area is 99.7 Å². The highest BCUT2D eigenvalue weighted by Gasteiger charge is 2.90. The quantitative estimate of drug-likeness (QED) is 0.727. The Morgan fingerprint density at radius 3 is 2.82 bits per heavy atom.